The summed E-state index contributed by atoms with van der Waals surface area (Å²) in [5.74, 6) is 0. The van der Waals surface area contributed by atoms with Crippen molar-refractivity contribution < 1.29 is 0 Å². The molecule has 0 aliphatic rings. The first-order valence-electron chi connectivity index (χ1n) is 4.73. The molecule has 17 heavy (non-hydrogen) atoms. The highest BCUT2D eigenvalue weighted by atomic mass is 35.5. The van der Waals surface area contributed by atoms with Crippen LogP contribution in [0, 0.1) is 0 Å². The molecule has 0 bridgehead atoms. The van der Waals surface area contributed by atoms with Gasteiger partial charge < -0.3 is 0 Å². The average molecular weight is 286 g/mol. The molecule has 0 atom stereocenters. The van der Waals surface area contributed by atoms with Crippen LogP contribution >= 0.6 is 34.8 Å². The van der Waals surface area contributed by atoms with Crippen LogP contribution in [0.4, 0.5) is 0 Å². The standard InChI is InChI=1S/C12H7Cl3N2/c1-2-7-3-5-8(6-4-7)10-9(13)11(14)17-12(15)16-10/h2-6H,1H2. The molecule has 2 aromatic rings. The topological polar surface area (TPSA) is 25.8 Å². The van der Waals surface area contributed by atoms with Crippen molar-refractivity contribution in [3.8, 4) is 11.3 Å². The number of nitrogens with zero attached hydrogens (tertiary/aromatic N) is 2. The van der Waals surface area contributed by atoms with Crippen molar-refractivity contribution in [1.29, 1.82) is 0 Å². The smallest absolute Gasteiger partial charge is 0.216 e. The van der Waals surface area contributed by atoms with E-state index in [1.807, 2.05) is 24.3 Å². The Labute approximate surface area is 114 Å². The van der Waals surface area contributed by atoms with E-state index in [-0.39, 0.29) is 10.4 Å². The van der Waals surface area contributed by atoms with Crippen molar-refractivity contribution in [1.82, 2.24) is 9.97 Å². The maximum Gasteiger partial charge on any atom is 0.224 e. The quantitative estimate of drug-likeness (QED) is 0.588. The summed E-state index contributed by atoms with van der Waals surface area (Å²) in [5.41, 5.74) is 2.36. The Morgan fingerprint density at radius 1 is 1.00 bits per heavy atom. The lowest BCUT2D eigenvalue weighted by molar-refractivity contribution is 1.17. The van der Waals surface area contributed by atoms with Crippen LogP contribution in [-0.4, -0.2) is 9.97 Å². The largest absolute Gasteiger partial charge is 0.224 e. The number of benzene rings is 1. The van der Waals surface area contributed by atoms with Crippen LogP contribution in [0.25, 0.3) is 17.3 Å². The van der Waals surface area contributed by atoms with Crippen LogP contribution in [0.15, 0.2) is 30.8 Å². The zero-order chi connectivity index (χ0) is 12.4. The van der Waals surface area contributed by atoms with E-state index < -0.39 is 0 Å². The summed E-state index contributed by atoms with van der Waals surface area (Å²) in [4.78, 5) is 7.84. The van der Waals surface area contributed by atoms with E-state index in [1.54, 1.807) is 6.08 Å². The molecule has 1 aromatic heterocycles. The third-order valence-corrected chi connectivity index (χ3v) is 3.10. The molecule has 86 valence electrons. The van der Waals surface area contributed by atoms with Gasteiger partial charge in [-0.05, 0) is 17.2 Å². The second-order valence-corrected chi connectivity index (χ2v) is 4.35. The first-order chi connectivity index (χ1) is 8.11. The lowest BCUT2D eigenvalue weighted by Crippen LogP contribution is -1.91. The number of hydrogen-bond acceptors (Lipinski definition) is 2. The molecule has 1 aromatic carbocycles. The van der Waals surface area contributed by atoms with Crippen LogP contribution in [0.1, 0.15) is 5.56 Å². The monoisotopic (exact) mass is 284 g/mol. The molecular formula is C12H7Cl3N2. The van der Waals surface area contributed by atoms with Gasteiger partial charge in [0.15, 0.2) is 5.15 Å². The minimum atomic E-state index is 0.0715. The SMILES string of the molecule is C=Cc1ccc(-c2nc(Cl)nc(Cl)c2Cl)cc1. The number of halogens is 3. The Morgan fingerprint density at radius 3 is 2.24 bits per heavy atom. The molecule has 0 spiro atoms. The second-order valence-electron chi connectivity index (χ2n) is 3.27. The van der Waals surface area contributed by atoms with Gasteiger partial charge in [0.2, 0.25) is 5.28 Å². The van der Waals surface area contributed by atoms with Crippen molar-refractivity contribution in [3.63, 3.8) is 0 Å². The Kier molecular flexibility index (Phi) is 3.67. The van der Waals surface area contributed by atoms with Gasteiger partial charge in [0.1, 0.15) is 5.02 Å². The molecule has 0 aliphatic carbocycles. The van der Waals surface area contributed by atoms with Gasteiger partial charge in [0.25, 0.3) is 0 Å². The summed E-state index contributed by atoms with van der Waals surface area (Å²) in [7, 11) is 0. The maximum absolute atomic E-state index is 6.04. The first kappa shape index (κ1) is 12.4. The van der Waals surface area contributed by atoms with Gasteiger partial charge >= 0.3 is 0 Å². The third-order valence-electron chi connectivity index (χ3n) is 2.20. The van der Waals surface area contributed by atoms with Crippen LogP contribution in [0.2, 0.25) is 15.5 Å². The Morgan fingerprint density at radius 2 is 1.65 bits per heavy atom. The van der Waals surface area contributed by atoms with E-state index in [2.05, 4.69) is 16.5 Å². The van der Waals surface area contributed by atoms with Gasteiger partial charge in [-0.15, -0.1) is 0 Å². The van der Waals surface area contributed by atoms with Crippen LogP contribution in [0.3, 0.4) is 0 Å². The summed E-state index contributed by atoms with van der Waals surface area (Å²) in [6.45, 7) is 3.69. The Balaban J connectivity index is 2.55. The molecule has 0 unspecified atom stereocenters. The predicted octanol–water partition coefficient (Wildman–Crippen LogP) is 4.75. The molecule has 0 aliphatic heterocycles. The fourth-order valence-corrected chi connectivity index (χ4v) is 1.94. The van der Waals surface area contributed by atoms with E-state index in [4.69, 9.17) is 34.8 Å². The third kappa shape index (κ3) is 2.60. The van der Waals surface area contributed by atoms with Crippen LogP contribution in [-0.2, 0) is 0 Å². The summed E-state index contributed by atoms with van der Waals surface area (Å²) in [6, 6.07) is 7.56. The van der Waals surface area contributed by atoms with E-state index in [1.165, 1.54) is 0 Å². The van der Waals surface area contributed by atoms with E-state index >= 15 is 0 Å². The highest BCUT2D eigenvalue weighted by molar-refractivity contribution is 6.43. The van der Waals surface area contributed by atoms with Gasteiger partial charge in [0.05, 0.1) is 5.69 Å². The average Bonchev–Trinajstić information content (AvgIpc) is 2.34. The minimum absolute atomic E-state index is 0.0715. The van der Waals surface area contributed by atoms with Gasteiger partial charge in [-0.25, -0.2) is 9.97 Å². The molecule has 0 saturated carbocycles. The summed E-state index contributed by atoms with van der Waals surface area (Å²) in [6.07, 6.45) is 1.76. The molecule has 2 rings (SSSR count). The van der Waals surface area contributed by atoms with E-state index in [0.717, 1.165) is 11.1 Å². The van der Waals surface area contributed by atoms with Crippen molar-refractivity contribution in [2.24, 2.45) is 0 Å². The summed E-state index contributed by atoms with van der Waals surface area (Å²) >= 11 is 17.6. The molecule has 2 nitrogen and oxygen atoms in total. The van der Waals surface area contributed by atoms with E-state index in [0.29, 0.717) is 10.7 Å². The molecule has 0 fully saturated rings. The lowest BCUT2D eigenvalue weighted by atomic mass is 10.1. The summed E-state index contributed by atoms with van der Waals surface area (Å²) < 4.78 is 0. The van der Waals surface area contributed by atoms with E-state index in [9.17, 15) is 0 Å². The van der Waals surface area contributed by atoms with Crippen LogP contribution < -0.4 is 0 Å². The lowest BCUT2D eigenvalue weighted by Gasteiger charge is -2.05. The fourth-order valence-electron chi connectivity index (χ4n) is 1.36. The van der Waals surface area contributed by atoms with Crippen molar-refractivity contribution in [3.05, 3.63) is 51.9 Å². The highest BCUT2D eigenvalue weighted by Gasteiger charge is 2.11. The molecule has 0 N–H and O–H groups in total. The maximum atomic E-state index is 6.04. The van der Waals surface area contributed by atoms with Gasteiger partial charge in [-0.2, -0.15) is 0 Å². The van der Waals surface area contributed by atoms with Crippen molar-refractivity contribution in [2.75, 3.05) is 0 Å². The molecular weight excluding hydrogens is 279 g/mol. The highest BCUT2D eigenvalue weighted by Crippen LogP contribution is 2.31. The zero-order valence-corrected chi connectivity index (χ0v) is 10.9. The minimum Gasteiger partial charge on any atom is -0.216 e. The fraction of sp³-hybridized carbons (Fsp3) is 0. The predicted molar refractivity (Wildman–Crippen MR) is 72.6 cm³/mol. The number of hydrogen-bond donors (Lipinski definition) is 0. The molecule has 1 heterocycles. The van der Waals surface area contributed by atoms with Crippen molar-refractivity contribution >= 4 is 40.9 Å². The second kappa shape index (κ2) is 5.05. The summed E-state index contributed by atoms with van der Waals surface area (Å²) in [5, 5.41) is 0.513. The first-order valence-corrected chi connectivity index (χ1v) is 5.86. The van der Waals surface area contributed by atoms with Gasteiger partial charge in [-0.1, -0.05) is 60.1 Å². The molecule has 0 amide bonds. The van der Waals surface area contributed by atoms with Crippen LogP contribution in [0.5, 0.6) is 0 Å². The molecule has 0 radical (unpaired) electrons. The molecule has 0 saturated heterocycles. The Bertz CT molecular complexity index is 565. The normalized spacial score (nSPS) is 10.3. The Hall–Kier alpha value is -1.09. The van der Waals surface area contributed by atoms with Crippen molar-refractivity contribution in [2.45, 2.75) is 0 Å². The zero-order valence-electron chi connectivity index (χ0n) is 8.62. The number of aromatic nitrogens is 2. The number of rotatable bonds is 2. The van der Waals surface area contributed by atoms with Gasteiger partial charge in [-0.3, -0.25) is 0 Å². The molecule has 5 heteroatoms. The van der Waals surface area contributed by atoms with Gasteiger partial charge in [0, 0.05) is 5.56 Å².